The Hall–Kier alpha value is -2.06. The zero-order valence-electron chi connectivity index (χ0n) is 17.7. The monoisotopic (exact) mass is 433 g/mol. The molecule has 5 rings (SSSR count). The summed E-state index contributed by atoms with van der Waals surface area (Å²) >= 11 is 6.20. The van der Waals surface area contributed by atoms with E-state index in [1.165, 1.54) is 0 Å². The van der Waals surface area contributed by atoms with E-state index in [1.807, 2.05) is 36.4 Å². The zero-order valence-corrected chi connectivity index (χ0v) is 18.4. The van der Waals surface area contributed by atoms with E-state index in [0.29, 0.717) is 17.6 Å². The van der Waals surface area contributed by atoms with Gasteiger partial charge < -0.3 is 19.3 Å². The van der Waals surface area contributed by atoms with Crippen molar-refractivity contribution < 1.29 is 14.3 Å². The fourth-order valence-electron chi connectivity index (χ4n) is 4.70. The summed E-state index contributed by atoms with van der Waals surface area (Å²) in [6.45, 7) is 8.67. The van der Waals surface area contributed by atoms with E-state index in [-0.39, 0.29) is 18.4 Å². The molecule has 0 radical (unpaired) electrons. The Labute approximate surface area is 181 Å². The van der Waals surface area contributed by atoms with E-state index in [4.69, 9.17) is 26.2 Å². The molecule has 162 valence electrons. The molecular formula is C21H28ClN5O3. The maximum absolute atomic E-state index is 12.5. The van der Waals surface area contributed by atoms with Crippen LogP contribution in [0.4, 0.5) is 10.6 Å². The molecule has 3 aliphatic rings. The molecule has 2 aromatic heterocycles. The lowest BCUT2D eigenvalue weighted by molar-refractivity contribution is -0.0366. The highest BCUT2D eigenvalue weighted by atomic mass is 35.5. The Morgan fingerprint density at radius 3 is 2.83 bits per heavy atom. The molecule has 3 saturated heterocycles. The molecule has 3 atom stereocenters. The normalized spacial score (nSPS) is 26.6. The topological polar surface area (TPSA) is 72.7 Å². The summed E-state index contributed by atoms with van der Waals surface area (Å²) in [6.07, 6.45) is 4.63. The van der Waals surface area contributed by atoms with Crippen LogP contribution in [0.15, 0.2) is 12.3 Å². The molecule has 1 amide bonds. The number of pyridine rings is 1. The van der Waals surface area contributed by atoms with Gasteiger partial charge in [0, 0.05) is 44.4 Å². The van der Waals surface area contributed by atoms with Gasteiger partial charge in [-0.1, -0.05) is 11.6 Å². The van der Waals surface area contributed by atoms with Crippen LogP contribution < -0.4 is 4.90 Å². The number of likely N-dealkylation sites (tertiary alicyclic amines) is 1. The average molecular weight is 434 g/mol. The van der Waals surface area contributed by atoms with Crippen molar-refractivity contribution >= 4 is 34.4 Å². The molecule has 2 aromatic rings. The highest BCUT2D eigenvalue weighted by Crippen LogP contribution is 2.41. The number of amides is 1. The first kappa shape index (κ1) is 19.9. The maximum Gasteiger partial charge on any atom is 0.410 e. The molecule has 8 nitrogen and oxygen atoms in total. The number of nitrogens with zero attached hydrogens (tertiary/aromatic N) is 5. The van der Waals surface area contributed by atoms with E-state index >= 15 is 0 Å². The van der Waals surface area contributed by atoms with Crippen molar-refractivity contribution in [3.8, 4) is 0 Å². The maximum atomic E-state index is 12.5. The molecule has 3 fully saturated rings. The Morgan fingerprint density at radius 2 is 2.10 bits per heavy atom. The molecule has 5 heterocycles. The third-order valence-corrected chi connectivity index (χ3v) is 6.34. The van der Waals surface area contributed by atoms with Crippen LogP contribution in [0.1, 0.15) is 46.3 Å². The Balaban J connectivity index is 1.40. The van der Waals surface area contributed by atoms with Gasteiger partial charge in [0.25, 0.3) is 0 Å². The summed E-state index contributed by atoms with van der Waals surface area (Å²) < 4.78 is 13.5. The van der Waals surface area contributed by atoms with Crippen molar-refractivity contribution in [3.63, 3.8) is 0 Å². The number of aromatic nitrogens is 3. The van der Waals surface area contributed by atoms with Gasteiger partial charge >= 0.3 is 6.09 Å². The van der Waals surface area contributed by atoms with Gasteiger partial charge in [-0.05, 0) is 40.0 Å². The third kappa shape index (κ3) is 3.50. The molecule has 0 aliphatic carbocycles. The summed E-state index contributed by atoms with van der Waals surface area (Å²) in [4.78, 5) is 20.9. The Morgan fingerprint density at radius 1 is 1.27 bits per heavy atom. The van der Waals surface area contributed by atoms with Crippen LogP contribution in [0.3, 0.4) is 0 Å². The number of fused-ring (bicyclic) bond motifs is 2. The van der Waals surface area contributed by atoms with Crippen LogP contribution >= 0.6 is 11.6 Å². The van der Waals surface area contributed by atoms with Gasteiger partial charge in [-0.15, -0.1) is 0 Å². The van der Waals surface area contributed by atoms with E-state index in [1.54, 1.807) is 6.20 Å². The van der Waals surface area contributed by atoms with Gasteiger partial charge in [-0.2, -0.15) is 5.10 Å². The zero-order chi connectivity index (χ0) is 21.0. The smallest absolute Gasteiger partial charge is 0.410 e. The molecule has 0 saturated carbocycles. The summed E-state index contributed by atoms with van der Waals surface area (Å²) in [5, 5.41) is 6.37. The van der Waals surface area contributed by atoms with E-state index in [2.05, 4.69) is 9.88 Å². The molecule has 9 heteroatoms. The molecule has 0 spiro atoms. The Bertz CT molecular complexity index is 965. The van der Waals surface area contributed by atoms with Gasteiger partial charge in [0.15, 0.2) is 12.0 Å². The SMILES string of the molecule is CC(C)(C)OC(=O)N1CC2CN(c3nn(C4CCCCO4)c4cc(Cl)ncc34)C2C1. The highest BCUT2D eigenvalue weighted by Gasteiger charge is 2.49. The minimum absolute atomic E-state index is 0.0765. The van der Waals surface area contributed by atoms with Gasteiger partial charge in [0.2, 0.25) is 0 Å². The molecule has 3 aliphatic heterocycles. The first-order chi connectivity index (χ1) is 14.3. The first-order valence-corrected chi connectivity index (χ1v) is 11.1. The number of hydrogen-bond donors (Lipinski definition) is 0. The van der Waals surface area contributed by atoms with E-state index in [0.717, 1.165) is 55.7 Å². The second kappa shape index (κ2) is 7.27. The number of carbonyl (C=O) groups excluding carboxylic acids is 1. The second-order valence-corrected chi connectivity index (χ2v) is 9.87. The van der Waals surface area contributed by atoms with Crippen molar-refractivity contribution in [1.82, 2.24) is 19.7 Å². The van der Waals surface area contributed by atoms with E-state index in [9.17, 15) is 4.79 Å². The lowest BCUT2D eigenvalue weighted by Gasteiger charge is -2.43. The van der Waals surface area contributed by atoms with Gasteiger partial charge in [0.1, 0.15) is 10.8 Å². The fraction of sp³-hybridized carbons (Fsp3) is 0.667. The van der Waals surface area contributed by atoms with Crippen molar-refractivity contribution in [3.05, 3.63) is 17.4 Å². The first-order valence-electron chi connectivity index (χ1n) is 10.7. The number of rotatable bonds is 2. The lowest BCUT2D eigenvalue weighted by Crippen LogP contribution is -2.56. The van der Waals surface area contributed by atoms with Crippen LogP contribution in [-0.2, 0) is 9.47 Å². The molecule has 0 aromatic carbocycles. The van der Waals surface area contributed by atoms with Crippen LogP contribution in [0, 0.1) is 5.92 Å². The Kier molecular flexibility index (Phi) is 4.82. The predicted molar refractivity (Wildman–Crippen MR) is 114 cm³/mol. The van der Waals surface area contributed by atoms with Crippen molar-refractivity contribution in [2.24, 2.45) is 5.92 Å². The van der Waals surface area contributed by atoms with Gasteiger partial charge in [-0.3, -0.25) is 0 Å². The van der Waals surface area contributed by atoms with Crippen molar-refractivity contribution in [2.45, 2.75) is 57.9 Å². The molecule has 0 bridgehead atoms. The minimum Gasteiger partial charge on any atom is -0.444 e. The molecule has 3 unspecified atom stereocenters. The number of ether oxygens (including phenoxy) is 2. The molecular weight excluding hydrogens is 406 g/mol. The summed E-state index contributed by atoms with van der Waals surface area (Å²) in [6, 6.07) is 2.11. The highest BCUT2D eigenvalue weighted by molar-refractivity contribution is 6.30. The largest absolute Gasteiger partial charge is 0.444 e. The van der Waals surface area contributed by atoms with Crippen molar-refractivity contribution in [2.75, 3.05) is 31.1 Å². The molecule has 30 heavy (non-hydrogen) atoms. The van der Waals surface area contributed by atoms with Crippen LogP contribution in [0.5, 0.6) is 0 Å². The van der Waals surface area contributed by atoms with E-state index < -0.39 is 5.60 Å². The fourth-order valence-corrected chi connectivity index (χ4v) is 4.85. The number of carbonyl (C=O) groups is 1. The van der Waals surface area contributed by atoms with Crippen molar-refractivity contribution in [1.29, 1.82) is 0 Å². The van der Waals surface area contributed by atoms with Crippen LogP contribution in [0.2, 0.25) is 5.15 Å². The standard InChI is InChI=1S/C21H28ClN5O3/c1-21(2,3)30-20(28)25-10-13-11-26(16(13)12-25)19-14-9-23-17(22)8-15(14)27(24-19)18-6-4-5-7-29-18/h8-9,13,16,18H,4-7,10-12H2,1-3H3. The van der Waals surface area contributed by atoms with Crippen LogP contribution in [-0.4, -0.2) is 63.6 Å². The predicted octanol–water partition coefficient (Wildman–Crippen LogP) is 3.84. The summed E-state index contributed by atoms with van der Waals surface area (Å²) in [5.41, 5.74) is 0.459. The second-order valence-electron chi connectivity index (χ2n) is 9.48. The van der Waals surface area contributed by atoms with Gasteiger partial charge in [-0.25, -0.2) is 14.5 Å². The number of hydrogen-bond acceptors (Lipinski definition) is 6. The van der Waals surface area contributed by atoms with Crippen LogP contribution in [0.25, 0.3) is 10.9 Å². The number of halogens is 1. The van der Waals surface area contributed by atoms with Gasteiger partial charge in [0.05, 0.1) is 16.9 Å². The summed E-state index contributed by atoms with van der Waals surface area (Å²) in [5.74, 6) is 1.33. The third-order valence-electron chi connectivity index (χ3n) is 6.13. The lowest BCUT2D eigenvalue weighted by atomic mass is 9.92. The molecule has 0 N–H and O–H groups in total. The quantitative estimate of drug-likeness (QED) is 0.670. The minimum atomic E-state index is -0.488. The average Bonchev–Trinajstić information content (AvgIpc) is 3.20. The summed E-state index contributed by atoms with van der Waals surface area (Å²) in [7, 11) is 0. The number of anilines is 1.